The van der Waals surface area contributed by atoms with Crippen LogP contribution in [0.1, 0.15) is 28.9 Å². The van der Waals surface area contributed by atoms with Gasteiger partial charge in [-0.1, -0.05) is 29.8 Å². The molecule has 2 aromatic carbocycles. The molecule has 0 unspecified atom stereocenters. The quantitative estimate of drug-likeness (QED) is 0.762. The number of amides is 2. The molecule has 1 aliphatic rings. The van der Waals surface area contributed by atoms with Crippen LogP contribution in [0.3, 0.4) is 0 Å². The number of allylic oxidation sites excluding steroid dienone is 1. The van der Waals surface area contributed by atoms with Crippen LogP contribution in [0.4, 0.5) is 10.5 Å². The number of hydrogen-bond donors (Lipinski definition) is 2. The first-order valence-corrected chi connectivity index (χ1v) is 8.69. The third kappa shape index (κ3) is 3.57. The molecule has 1 aliphatic heterocycles. The Morgan fingerprint density at radius 2 is 1.86 bits per heavy atom. The molecule has 0 aliphatic carbocycles. The van der Waals surface area contributed by atoms with Crippen LogP contribution in [-0.2, 0) is 9.53 Å². The molecular formula is C20H17ClN2O5. The number of esters is 1. The molecule has 2 amide bonds. The number of nitrogens with zero attached hydrogens (tertiary/aromatic N) is 1. The van der Waals surface area contributed by atoms with Gasteiger partial charge in [0.05, 0.1) is 30.0 Å². The third-order valence-electron chi connectivity index (χ3n) is 4.44. The van der Waals surface area contributed by atoms with Gasteiger partial charge in [-0.25, -0.2) is 14.4 Å². The molecule has 0 radical (unpaired) electrons. The molecule has 1 atom stereocenters. The van der Waals surface area contributed by atoms with Crippen LogP contribution in [0, 0.1) is 0 Å². The average molecular weight is 401 g/mol. The monoisotopic (exact) mass is 400 g/mol. The number of urea groups is 1. The number of halogens is 1. The number of methoxy groups -OCH3 is 1. The lowest BCUT2D eigenvalue weighted by molar-refractivity contribution is -0.136. The molecule has 1 heterocycles. The highest BCUT2D eigenvalue weighted by Crippen LogP contribution is 2.34. The minimum absolute atomic E-state index is 0.0255. The number of hydrogen-bond acceptors (Lipinski definition) is 4. The van der Waals surface area contributed by atoms with E-state index >= 15 is 0 Å². The number of carboxylic acids is 1. The third-order valence-corrected chi connectivity index (χ3v) is 4.70. The van der Waals surface area contributed by atoms with E-state index in [2.05, 4.69) is 5.32 Å². The summed E-state index contributed by atoms with van der Waals surface area (Å²) in [6.45, 7) is 1.61. The van der Waals surface area contributed by atoms with E-state index in [0.717, 1.165) is 0 Å². The van der Waals surface area contributed by atoms with Gasteiger partial charge in [-0.2, -0.15) is 0 Å². The Labute approximate surface area is 166 Å². The highest BCUT2D eigenvalue weighted by molar-refractivity contribution is 6.30. The summed E-state index contributed by atoms with van der Waals surface area (Å²) in [5.74, 6) is -1.72. The summed E-state index contributed by atoms with van der Waals surface area (Å²) in [7, 11) is 1.26. The zero-order valence-corrected chi connectivity index (χ0v) is 15.9. The predicted molar refractivity (Wildman–Crippen MR) is 103 cm³/mol. The van der Waals surface area contributed by atoms with Gasteiger partial charge in [-0.15, -0.1) is 0 Å². The van der Waals surface area contributed by atoms with Gasteiger partial charge in [-0.05, 0) is 42.8 Å². The normalized spacial score (nSPS) is 16.6. The Morgan fingerprint density at radius 1 is 1.18 bits per heavy atom. The van der Waals surface area contributed by atoms with E-state index < -0.39 is 24.0 Å². The molecule has 8 heteroatoms. The number of benzene rings is 2. The molecule has 3 rings (SSSR count). The summed E-state index contributed by atoms with van der Waals surface area (Å²) in [4.78, 5) is 37.9. The average Bonchev–Trinajstić information content (AvgIpc) is 2.68. The first-order chi connectivity index (χ1) is 13.3. The van der Waals surface area contributed by atoms with Gasteiger partial charge in [0.25, 0.3) is 0 Å². The number of carbonyl (C=O) groups excluding carboxylic acids is 2. The number of anilines is 1. The summed E-state index contributed by atoms with van der Waals surface area (Å²) in [5, 5.41) is 12.5. The second kappa shape index (κ2) is 7.74. The molecule has 0 aromatic heterocycles. The van der Waals surface area contributed by atoms with Gasteiger partial charge >= 0.3 is 18.0 Å². The van der Waals surface area contributed by atoms with Gasteiger partial charge in [0.1, 0.15) is 0 Å². The van der Waals surface area contributed by atoms with Crippen LogP contribution in [0.5, 0.6) is 0 Å². The SMILES string of the molecule is COC(=O)C1=C(C)N(c2cccc(C(=O)O)c2)C(=O)N[C@@H]1c1ccc(Cl)cc1. The number of carbonyl (C=O) groups is 3. The van der Waals surface area contributed by atoms with Crippen molar-refractivity contribution in [2.75, 3.05) is 12.0 Å². The van der Waals surface area contributed by atoms with Gasteiger partial charge in [0.2, 0.25) is 0 Å². The standard InChI is InChI=1S/C20H17ClN2O5/c1-11-16(19(26)28-2)17(12-6-8-14(21)9-7-12)22-20(27)23(11)15-5-3-4-13(10-15)18(24)25/h3-10,17H,1-2H3,(H,22,27)(H,24,25)/t17-/m1/s1. The molecule has 0 fully saturated rings. The fraction of sp³-hybridized carbons (Fsp3) is 0.150. The first-order valence-electron chi connectivity index (χ1n) is 8.32. The van der Waals surface area contributed by atoms with Crippen LogP contribution in [0.15, 0.2) is 59.8 Å². The fourth-order valence-corrected chi connectivity index (χ4v) is 3.24. The van der Waals surface area contributed by atoms with Crippen molar-refractivity contribution in [3.05, 3.63) is 76.0 Å². The second-order valence-electron chi connectivity index (χ2n) is 6.12. The molecule has 0 bridgehead atoms. The summed E-state index contributed by atoms with van der Waals surface area (Å²) < 4.78 is 4.92. The molecule has 7 nitrogen and oxygen atoms in total. The van der Waals surface area contributed by atoms with Crippen LogP contribution in [0.25, 0.3) is 0 Å². The Hall–Kier alpha value is -3.32. The molecule has 28 heavy (non-hydrogen) atoms. The van der Waals surface area contributed by atoms with Crippen LogP contribution >= 0.6 is 11.6 Å². The zero-order chi connectivity index (χ0) is 20.4. The van der Waals surface area contributed by atoms with Gasteiger partial charge < -0.3 is 15.2 Å². The van der Waals surface area contributed by atoms with Gasteiger partial charge in [0.15, 0.2) is 0 Å². The van der Waals surface area contributed by atoms with E-state index in [-0.39, 0.29) is 11.1 Å². The van der Waals surface area contributed by atoms with E-state index in [4.69, 9.17) is 16.3 Å². The van der Waals surface area contributed by atoms with Crippen molar-refractivity contribution in [1.82, 2.24) is 5.32 Å². The van der Waals surface area contributed by atoms with Crippen molar-refractivity contribution in [1.29, 1.82) is 0 Å². The molecule has 144 valence electrons. The summed E-state index contributed by atoms with van der Waals surface area (Å²) in [6, 6.07) is 11.4. The van der Waals surface area contributed by atoms with E-state index in [1.54, 1.807) is 37.3 Å². The number of rotatable bonds is 4. The van der Waals surface area contributed by atoms with Crippen molar-refractivity contribution < 1.29 is 24.2 Å². The molecule has 2 aromatic rings. The highest BCUT2D eigenvalue weighted by Gasteiger charge is 2.37. The summed E-state index contributed by atoms with van der Waals surface area (Å²) in [6.07, 6.45) is 0. The lowest BCUT2D eigenvalue weighted by Crippen LogP contribution is -2.48. The minimum atomic E-state index is -1.12. The maximum absolute atomic E-state index is 12.8. The van der Waals surface area contributed by atoms with Crippen molar-refractivity contribution >= 4 is 35.3 Å². The summed E-state index contributed by atoms with van der Waals surface area (Å²) in [5.41, 5.74) is 1.60. The first kappa shape index (κ1) is 19.4. The zero-order valence-electron chi connectivity index (χ0n) is 15.1. The number of ether oxygens (including phenoxy) is 1. The van der Waals surface area contributed by atoms with E-state index in [1.807, 2.05) is 0 Å². The molecule has 2 N–H and O–H groups in total. The number of aromatic carboxylic acids is 1. The van der Waals surface area contributed by atoms with E-state index in [9.17, 15) is 19.5 Å². The maximum Gasteiger partial charge on any atom is 0.337 e. The van der Waals surface area contributed by atoms with Gasteiger partial charge in [-0.3, -0.25) is 4.90 Å². The van der Waals surface area contributed by atoms with Crippen LogP contribution in [0.2, 0.25) is 5.02 Å². The lowest BCUT2D eigenvalue weighted by Gasteiger charge is -2.35. The van der Waals surface area contributed by atoms with Crippen molar-refractivity contribution in [2.45, 2.75) is 13.0 Å². The minimum Gasteiger partial charge on any atom is -0.478 e. The highest BCUT2D eigenvalue weighted by atomic mass is 35.5. The van der Waals surface area contributed by atoms with Crippen molar-refractivity contribution in [3.63, 3.8) is 0 Å². The smallest absolute Gasteiger partial charge is 0.337 e. The topological polar surface area (TPSA) is 95.9 Å². The molecular weight excluding hydrogens is 384 g/mol. The lowest BCUT2D eigenvalue weighted by atomic mass is 9.94. The second-order valence-corrected chi connectivity index (χ2v) is 6.55. The number of carboxylic acid groups (broad SMARTS) is 1. The number of nitrogens with one attached hydrogen (secondary N) is 1. The van der Waals surface area contributed by atoms with Crippen molar-refractivity contribution in [3.8, 4) is 0 Å². The van der Waals surface area contributed by atoms with E-state index in [1.165, 1.54) is 30.2 Å². The van der Waals surface area contributed by atoms with Crippen molar-refractivity contribution in [2.24, 2.45) is 0 Å². The fourth-order valence-electron chi connectivity index (χ4n) is 3.11. The Bertz CT molecular complexity index is 984. The largest absolute Gasteiger partial charge is 0.478 e. The Balaban J connectivity index is 2.13. The molecule has 0 saturated heterocycles. The van der Waals surface area contributed by atoms with Crippen LogP contribution in [-0.4, -0.2) is 30.2 Å². The Kier molecular flexibility index (Phi) is 5.37. The summed E-state index contributed by atoms with van der Waals surface area (Å²) >= 11 is 5.93. The molecule has 0 saturated carbocycles. The predicted octanol–water partition coefficient (Wildman–Crippen LogP) is 3.76. The maximum atomic E-state index is 12.8. The van der Waals surface area contributed by atoms with Crippen LogP contribution < -0.4 is 10.2 Å². The molecule has 0 spiro atoms. The van der Waals surface area contributed by atoms with Gasteiger partial charge in [0, 0.05) is 10.7 Å². The Morgan fingerprint density at radius 3 is 2.46 bits per heavy atom. The van der Waals surface area contributed by atoms with E-state index in [0.29, 0.717) is 22.0 Å².